The van der Waals surface area contributed by atoms with Gasteiger partial charge in [-0.15, -0.1) is 0 Å². The van der Waals surface area contributed by atoms with Gasteiger partial charge in [-0.25, -0.2) is 13.8 Å². The molecule has 2 amide bonds. The van der Waals surface area contributed by atoms with Crippen molar-refractivity contribution in [2.75, 3.05) is 16.6 Å². The molecule has 3 N–H and O–H groups in total. The van der Waals surface area contributed by atoms with E-state index in [0.29, 0.717) is 22.5 Å². The highest BCUT2D eigenvalue weighted by Gasteiger charge is 2.21. The van der Waals surface area contributed by atoms with Crippen LogP contribution < -0.4 is 20.2 Å². The molecule has 0 aliphatic carbocycles. The van der Waals surface area contributed by atoms with Crippen LogP contribution in [-0.2, 0) is 19.6 Å². The van der Waals surface area contributed by atoms with Crippen LogP contribution in [0.4, 0.5) is 11.4 Å². The Labute approximate surface area is 182 Å². The number of benzene rings is 2. The summed E-state index contributed by atoms with van der Waals surface area (Å²) in [4.78, 5) is 23.3. The molecule has 1 heterocycles. The standard InChI is InChI=1S/C19H19BrN4O5S/c1-2-29-16-9-3-12(20)11-17(16)30(27,28)24-14-6-4-13(5-7-14)21-19(26)15-8-10-18(25)23-22-15/h3-7,9,11,24H,2,8,10H2,1H3,(H,21,26)(H,23,25). The molecular formula is C19H19BrN4O5S. The monoisotopic (exact) mass is 494 g/mol. The Morgan fingerprint density at radius 3 is 2.50 bits per heavy atom. The first-order chi connectivity index (χ1) is 14.3. The number of nitrogens with one attached hydrogen (secondary N) is 3. The number of hydrazone groups is 1. The second-order valence-electron chi connectivity index (χ2n) is 6.25. The van der Waals surface area contributed by atoms with Crippen molar-refractivity contribution in [3.05, 3.63) is 46.9 Å². The van der Waals surface area contributed by atoms with Gasteiger partial charge in [0, 0.05) is 28.7 Å². The molecule has 3 rings (SSSR count). The Morgan fingerprint density at radius 1 is 1.17 bits per heavy atom. The zero-order valence-electron chi connectivity index (χ0n) is 15.9. The van der Waals surface area contributed by atoms with E-state index in [0.717, 1.165) is 0 Å². The van der Waals surface area contributed by atoms with E-state index in [1.54, 1.807) is 31.2 Å². The number of hydrogen-bond acceptors (Lipinski definition) is 6. The van der Waals surface area contributed by atoms with E-state index in [2.05, 4.69) is 36.5 Å². The Hall–Kier alpha value is -2.92. The van der Waals surface area contributed by atoms with Gasteiger partial charge in [-0.3, -0.25) is 14.3 Å². The zero-order valence-corrected chi connectivity index (χ0v) is 18.3. The Kier molecular flexibility index (Phi) is 6.73. The molecule has 0 atom stereocenters. The minimum atomic E-state index is -3.90. The van der Waals surface area contributed by atoms with Gasteiger partial charge in [-0.1, -0.05) is 15.9 Å². The number of amides is 2. The van der Waals surface area contributed by atoms with Gasteiger partial charge in [0.1, 0.15) is 16.4 Å². The molecule has 0 bridgehead atoms. The molecule has 158 valence electrons. The first-order valence-corrected chi connectivity index (χ1v) is 11.3. The highest BCUT2D eigenvalue weighted by molar-refractivity contribution is 9.10. The molecule has 0 radical (unpaired) electrons. The van der Waals surface area contributed by atoms with Crippen LogP contribution in [0.25, 0.3) is 0 Å². The number of halogens is 1. The molecule has 0 aromatic heterocycles. The lowest BCUT2D eigenvalue weighted by molar-refractivity contribution is -0.121. The van der Waals surface area contributed by atoms with Gasteiger partial charge in [0.2, 0.25) is 5.91 Å². The van der Waals surface area contributed by atoms with Crippen LogP contribution in [0.2, 0.25) is 0 Å². The first kappa shape index (κ1) is 21.8. The largest absolute Gasteiger partial charge is 0.492 e. The summed E-state index contributed by atoms with van der Waals surface area (Å²) in [6.07, 6.45) is 0.455. The van der Waals surface area contributed by atoms with Crippen LogP contribution in [0.3, 0.4) is 0 Å². The van der Waals surface area contributed by atoms with Gasteiger partial charge >= 0.3 is 0 Å². The molecule has 1 aliphatic heterocycles. The van der Waals surface area contributed by atoms with Crippen molar-refractivity contribution in [2.45, 2.75) is 24.7 Å². The summed E-state index contributed by atoms with van der Waals surface area (Å²) in [5.74, 6) is -0.419. The summed E-state index contributed by atoms with van der Waals surface area (Å²) in [6.45, 7) is 2.10. The van der Waals surface area contributed by atoms with Gasteiger partial charge in [0.15, 0.2) is 0 Å². The van der Waals surface area contributed by atoms with E-state index in [-0.39, 0.29) is 35.1 Å². The van der Waals surface area contributed by atoms with E-state index in [1.807, 2.05) is 0 Å². The minimum Gasteiger partial charge on any atom is -0.492 e. The fourth-order valence-corrected chi connectivity index (χ4v) is 4.38. The average Bonchev–Trinajstić information content (AvgIpc) is 2.71. The zero-order chi connectivity index (χ0) is 21.7. The molecule has 0 unspecified atom stereocenters. The van der Waals surface area contributed by atoms with Crippen LogP contribution >= 0.6 is 15.9 Å². The summed E-state index contributed by atoms with van der Waals surface area (Å²) >= 11 is 3.27. The maximum Gasteiger partial charge on any atom is 0.271 e. The van der Waals surface area contributed by atoms with Crippen LogP contribution in [-0.4, -0.2) is 32.6 Å². The van der Waals surface area contributed by atoms with E-state index in [1.165, 1.54) is 18.2 Å². The molecule has 0 fully saturated rings. The van der Waals surface area contributed by atoms with E-state index in [4.69, 9.17) is 4.74 Å². The van der Waals surface area contributed by atoms with E-state index < -0.39 is 15.9 Å². The molecule has 9 nitrogen and oxygen atoms in total. The minimum absolute atomic E-state index is 0.00783. The van der Waals surface area contributed by atoms with Crippen molar-refractivity contribution in [3.8, 4) is 5.75 Å². The van der Waals surface area contributed by atoms with Crippen LogP contribution in [0.5, 0.6) is 5.75 Å². The van der Waals surface area contributed by atoms with E-state index >= 15 is 0 Å². The van der Waals surface area contributed by atoms with Crippen molar-refractivity contribution in [2.24, 2.45) is 5.10 Å². The highest BCUT2D eigenvalue weighted by atomic mass is 79.9. The third-order valence-corrected chi connectivity index (χ3v) is 5.95. The number of hydrogen-bond donors (Lipinski definition) is 3. The highest BCUT2D eigenvalue weighted by Crippen LogP contribution is 2.29. The fraction of sp³-hybridized carbons (Fsp3) is 0.211. The van der Waals surface area contributed by atoms with Crippen molar-refractivity contribution < 1.29 is 22.7 Å². The van der Waals surface area contributed by atoms with Gasteiger partial charge < -0.3 is 10.1 Å². The molecule has 1 aliphatic rings. The second kappa shape index (κ2) is 9.26. The summed E-state index contributed by atoms with van der Waals surface area (Å²) in [6, 6.07) is 10.9. The van der Waals surface area contributed by atoms with E-state index in [9.17, 15) is 18.0 Å². The fourth-order valence-electron chi connectivity index (χ4n) is 2.64. The van der Waals surface area contributed by atoms with Gasteiger partial charge in [-0.2, -0.15) is 5.10 Å². The third-order valence-electron chi connectivity index (χ3n) is 4.06. The van der Waals surface area contributed by atoms with Crippen LogP contribution in [0.15, 0.2) is 56.9 Å². The topological polar surface area (TPSA) is 126 Å². The predicted molar refractivity (Wildman–Crippen MR) is 116 cm³/mol. The second-order valence-corrected chi connectivity index (χ2v) is 8.82. The summed E-state index contributed by atoms with van der Waals surface area (Å²) in [5, 5.41) is 6.39. The lowest BCUT2D eigenvalue weighted by Crippen LogP contribution is -2.32. The maximum atomic E-state index is 12.8. The van der Waals surface area contributed by atoms with Crippen molar-refractivity contribution >= 4 is 54.9 Å². The molecule has 2 aromatic rings. The lowest BCUT2D eigenvalue weighted by Gasteiger charge is -2.14. The van der Waals surface area contributed by atoms with Gasteiger partial charge in [-0.05, 0) is 49.4 Å². The number of anilines is 2. The number of carbonyl (C=O) groups is 2. The third kappa shape index (κ3) is 5.36. The molecular weight excluding hydrogens is 476 g/mol. The Bertz CT molecular complexity index is 1100. The average molecular weight is 495 g/mol. The molecule has 0 saturated heterocycles. The Morgan fingerprint density at radius 2 is 1.87 bits per heavy atom. The predicted octanol–water partition coefficient (Wildman–Crippen LogP) is 2.85. The number of nitrogens with zero attached hydrogens (tertiary/aromatic N) is 1. The molecule has 0 spiro atoms. The maximum absolute atomic E-state index is 12.8. The molecule has 0 saturated carbocycles. The number of ether oxygens (including phenoxy) is 1. The first-order valence-electron chi connectivity index (χ1n) is 9.00. The van der Waals surface area contributed by atoms with Gasteiger partial charge in [0.05, 0.1) is 6.61 Å². The summed E-state index contributed by atoms with van der Waals surface area (Å²) in [7, 11) is -3.90. The smallest absolute Gasteiger partial charge is 0.271 e. The van der Waals surface area contributed by atoms with Crippen LogP contribution in [0, 0.1) is 0 Å². The normalized spacial score (nSPS) is 13.8. The number of carbonyl (C=O) groups excluding carboxylic acids is 2. The van der Waals surface area contributed by atoms with Crippen molar-refractivity contribution in [1.29, 1.82) is 0 Å². The van der Waals surface area contributed by atoms with Crippen LogP contribution in [0.1, 0.15) is 19.8 Å². The van der Waals surface area contributed by atoms with Crippen molar-refractivity contribution in [3.63, 3.8) is 0 Å². The lowest BCUT2D eigenvalue weighted by atomic mass is 10.1. The van der Waals surface area contributed by atoms with Gasteiger partial charge in [0.25, 0.3) is 15.9 Å². The summed E-state index contributed by atoms with van der Waals surface area (Å²) < 4.78 is 34.1. The number of rotatable bonds is 7. The number of sulfonamides is 1. The SMILES string of the molecule is CCOc1ccc(Br)cc1S(=O)(=O)Nc1ccc(NC(=O)C2=NNC(=O)CC2)cc1. The summed E-state index contributed by atoms with van der Waals surface area (Å²) in [5.41, 5.74) is 3.26. The van der Waals surface area contributed by atoms with Crippen molar-refractivity contribution in [1.82, 2.24) is 5.43 Å². The molecule has 30 heavy (non-hydrogen) atoms. The Balaban J connectivity index is 1.72. The quantitative estimate of drug-likeness (QED) is 0.545. The molecule has 2 aromatic carbocycles. The molecule has 11 heteroatoms.